The average molecular weight is 438 g/mol. The molecule has 32 heavy (non-hydrogen) atoms. The number of hydrogen-bond acceptors (Lipinski definition) is 5. The lowest BCUT2D eigenvalue weighted by atomic mass is 10.1. The molecule has 1 heterocycles. The van der Waals surface area contributed by atoms with Gasteiger partial charge in [0.25, 0.3) is 0 Å². The minimum Gasteiger partial charge on any atom is -0.493 e. The van der Waals surface area contributed by atoms with Gasteiger partial charge in [-0.25, -0.2) is 4.68 Å². The van der Waals surface area contributed by atoms with E-state index in [4.69, 9.17) is 14.6 Å². The van der Waals surface area contributed by atoms with Crippen LogP contribution in [0.25, 0.3) is 5.69 Å². The number of aliphatic hydroxyl groups is 1. The van der Waals surface area contributed by atoms with Gasteiger partial charge in [0.05, 0.1) is 30.2 Å². The lowest BCUT2D eigenvalue weighted by Gasteiger charge is -2.25. The molecular weight excluding hydrogens is 402 g/mol. The van der Waals surface area contributed by atoms with E-state index in [9.17, 15) is 5.11 Å². The maximum absolute atomic E-state index is 10.4. The molecular formula is C26H35N3O3. The van der Waals surface area contributed by atoms with Crippen molar-refractivity contribution in [1.29, 1.82) is 0 Å². The van der Waals surface area contributed by atoms with Gasteiger partial charge in [0.15, 0.2) is 11.5 Å². The summed E-state index contributed by atoms with van der Waals surface area (Å²) in [6.07, 6.45) is 2.43. The lowest BCUT2D eigenvalue weighted by Crippen LogP contribution is -2.33. The maximum atomic E-state index is 10.4. The number of nitrogens with zero attached hydrogens (tertiary/aromatic N) is 3. The van der Waals surface area contributed by atoms with E-state index in [0.29, 0.717) is 30.5 Å². The van der Waals surface area contributed by atoms with E-state index in [2.05, 4.69) is 18.7 Å². The molecule has 1 aromatic heterocycles. The van der Waals surface area contributed by atoms with Crippen LogP contribution in [0.2, 0.25) is 0 Å². The summed E-state index contributed by atoms with van der Waals surface area (Å²) in [7, 11) is 1.64. The zero-order valence-corrected chi connectivity index (χ0v) is 19.6. The topological polar surface area (TPSA) is 59.8 Å². The second kappa shape index (κ2) is 11.7. The Bertz CT molecular complexity index is 972. The van der Waals surface area contributed by atoms with Crippen LogP contribution in [0.3, 0.4) is 0 Å². The van der Waals surface area contributed by atoms with Gasteiger partial charge in [-0.1, -0.05) is 50.6 Å². The number of rotatable bonds is 12. The maximum Gasteiger partial charge on any atom is 0.227 e. The van der Waals surface area contributed by atoms with Gasteiger partial charge in [-0.3, -0.25) is 4.90 Å². The molecule has 0 aliphatic heterocycles. The SMILES string of the molecule is CCCC(O)CN(CCC)Cc1c(C)nn(-c2ccccc2)c1Oc1ccccc1OC. The Balaban J connectivity index is 2.01. The van der Waals surface area contributed by atoms with E-state index >= 15 is 0 Å². The van der Waals surface area contributed by atoms with Gasteiger partial charge in [0, 0.05) is 13.1 Å². The van der Waals surface area contributed by atoms with Crippen LogP contribution in [-0.2, 0) is 6.54 Å². The summed E-state index contributed by atoms with van der Waals surface area (Å²) in [5.41, 5.74) is 2.85. The summed E-state index contributed by atoms with van der Waals surface area (Å²) < 4.78 is 13.8. The minimum atomic E-state index is -0.338. The number of aromatic nitrogens is 2. The molecule has 1 unspecified atom stereocenters. The highest BCUT2D eigenvalue weighted by molar-refractivity contribution is 5.47. The van der Waals surface area contributed by atoms with Crippen LogP contribution in [0.5, 0.6) is 17.4 Å². The number of ether oxygens (including phenoxy) is 2. The number of hydrogen-bond donors (Lipinski definition) is 1. The number of aryl methyl sites for hydroxylation is 1. The molecule has 6 nitrogen and oxygen atoms in total. The summed E-state index contributed by atoms with van der Waals surface area (Å²) in [6, 6.07) is 17.6. The van der Waals surface area contributed by atoms with Gasteiger partial charge in [-0.05, 0) is 50.6 Å². The van der Waals surface area contributed by atoms with Crippen LogP contribution in [-0.4, -0.2) is 46.1 Å². The van der Waals surface area contributed by atoms with Crippen LogP contribution in [0.1, 0.15) is 44.4 Å². The van der Waals surface area contributed by atoms with Crippen LogP contribution in [0.4, 0.5) is 0 Å². The molecule has 0 spiro atoms. The second-order valence-electron chi connectivity index (χ2n) is 8.05. The second-order valence-corrected chi connectivity index (χ2v) is 8.05. The molecule has 6 heteroatoms. The van der Waals surface area contributed by atoms with E-state index in [0.717, 1.165) is 42.8 Å². The fourth-order valence-electron chi connectivity index (χ4n) is 3.87. The predicted molar refractivity (Wildman–Crippen MR) is 128 cm³/mol. The van der Waals surface area contributed by atoms with Gasteiger partial charge in [-0.2, -0.15) is 5.10 Å². The molecule has 3 rings (SSSR count). The Labute approximate surface area is 191 Å². The summed E-state index contributed by atoms with van der Waals surface area (Å²) in [6.45, 7) is 8.44. The lowest BCUT2D eigenvalue weighted by molar-refractivity contribution is 0.100. The zero-order chi connectivity index (χ0) is 22.9. The van der Waals surface area contributed by atoms with Gasteiger partial charge in [0.2, 0.25) is 5.88 Å². The van der Waals surface area contributed by atoms with Crippen molar-refractivity contribution < 1.29 is 14.6 Å². The number of para-hydroxylation sites is 3. The molecule has 0 saturated heterocycles. The number of methoxy groups -OCH3 is 1. The number of aliphatic hydroxyl groups excluding tert-OH is 1. The number of benzene rings is 2. The molecule has 3 aromatic rings. The Morgan fingerprint density at radius 1 is 1.00 bits per heavy atom. The van der Waals surface area contributed by atoms with E-state index in [-0.39, 0.29) is 6.10 Å². The van der Waals surface area contributed by atoms with Crippen molar-refractivity contribution in [2.24, 2.45) is 0 Å². The van der Waals surface area contributed by atoms with E-state index < -0.39 is 0 Å². The highest BCUT2D eigenvalue weighted by atomic mass is 16.5. The quantitative estimate of drug-likeness (QED) is 0.414. The van der Waals surface area contributed by atoms with Crippen molar-refractivity contribution in [2.75, 3.05) is 20.2 Å². The molecule has 1 atom stereocenters. The summed E-state index contributed by atoms with van der Waals surface area (Å²) in [4.78, 5) is 2.29. The highest BCUT2D eigenvalue weighted by Crippen LogP contribution is 2.36. The molecule has 0 saturated carbocycles. The third-order valence-corrected chi connectivity index (χ3v) is 5.43. The van der Waals surface area contributed by atoms with Crippen LogP contribution in [0, 0.1) is 6.92 Å². The first kappa shape index (κ1) is 23.8. The normalized spacial score (nSPS) is 12.2. The van der Waals surface area contributed by atoms with Gasteiger partial charge < -0.3 is 14.6 Å². The first-order chi connectivity index (χ1) is 15.6. The van der Waals surface area contributed by atoms with Crippen LogP contribution >= 0.6 is 0 Å². The standard InChI is InChI=1S/C26H35N3O3/c1-5-12-22(30)18-28(17-6-2)19-23-20(3)27-29(21-13-8-7-9-14-21)26(23)32-25-16-11-10-15-24(25)31-4/h7-11,13-16,22,30H,5-6,12,17-19H2,1-4H3. The third-order valence-electron chi connectivity index (χ3n) is 5.43. The smallest absolute Gasteiger partial charge is 0.227 e. The Hall–Kier alpha value is -2.83. The highest BCUT2D eigenvalue weighted by Gasteiger charge is 2.23. The zero-order valence-electron chi connectivity index (χ0n) is 19.6. The van der Waals surface area contributed by atoms with Gasteiger partial charge in [0.1, 0.15) is 0 Å². The Morgan fingerprint density at radius 3 is 2.34 bits per heavy atom. The van der Waals surface area contributed by atoms with Gasteiger partial charge in [-0.15, -0.1) is 0 Å². The van der Waals surface area contributed by atoms with E-state index in [1.807, 2.05) is 66.2 Å². The van der Waals surface area contributed by atoms with E-state index in [1.165, 1.54) is 0 Å². The molecule has 0 amide bonds. The summed E-state index contributed by atoms with van der Waals surface area (Å²) in [5, 5.41) is 15.3. The Morgan fingerprint density at radius 2 is 1.69 bits per heavy atom. The van der Waals surface area contributed by atoms with Crippen molar-refractivity contribution in [2.45, 2.75) is 52.7 Å². The summed E-state index contributed by atoms with van der Waals surface area (Å²) in [5.74, 6) is 1.98. The van der Waals surface area contributed by atoms with Crippen molar-refractivity contribution in [1.82, 2.24) is 14.7 Å². The van der Waals surface area contributed by atoms with Crippen molar-refractivity contribution in [3.8, 4) is 23.1 Å². The first-order valence-corrected chi connectivity index (χ1v) is 11.4. The van der Waals surface area contributed by atoms with Crippen molar-refractivity contribution in [3.05, 3.63) is 65.9 Å². The molecule has 172 valence electrons. The molecule has 0 aliphatic carbocycles. The molecule has 2 aromatic carbocycles. The monoisotopic (exact) mass is 437 g/mol. The predicted octanol–water partition coefficient (Wildman–Crippen LogP) is 5.35. The first-order valence-electron chi connectivity index (χ1n) is 11.4. The molecule has 0 bridgehead atoms. The average Bonchev–Trinajstić information content (AvgIpc) is 3.10. The Kier molecular flexibility index (Phi) is 8.71. The summed E-state index contributed by atoms with van der Waals surface area (Å²) >= 11 is 0. The van der Waals surface area contributed by atoms with Gasteiger partial charge >= 0.3 is 0 Å². The third kappa shape index (κ3) is 5.90. The molecule has 1 N–H and O–H groups in total. The fraction of sp³-hybridized carbons (Fsp3) is 0.423. The fourth-order valence-corrected chi connectivity index (χ4v) is 3.87. The molecule has 0 radical (unpaired) electrons. The molecule has 0 aliphatic rings. The van der Waals surface area contributed by atoms with Crippen LogP contribution in [0.15, 0.2) is 54.6 Å². The van der Waals surface area contributed by atoms with Crippen molar-refractivity contribution >= 4 is 0 Å². The minimum absolute atomic E-state index is 0.338. The largest absolute Gasteiger partial charge is 0.493 e. The van der Waals surface area contributed by atoms with Crippen LogP contribution < -0.4 is 9.47 Å². The van der Waals surface area contributed by atoms with Crippen molar-refractivity contribution in [3.63, 3.8) is 0 Å². The van der Waals surface area contributed by atoms with E-state index in [1.54, 1.807) is 7.11 Å². The molecule has 0 fully saturated rings.